The summed E-state index contributed by atoms with van der Waals surface area (Å²) in [5.74, 6) is 1.04. The smallest absolute Gasteiger partial charge is 0.136 e. The molecule has 0 bridgehead atoms. The number of aromatic nitrogens is 3. The van der Waals surface area contributed by atoms with Gasteiger partial charge in [0.2, 0.25) is 0 Å². The van der Waals surface area contributed by atoms with E-state index in [9.17, 15) is 5.11 Å². The van der Waals surface area contributed by atoms with Gasteiger partial charge < -0.3 is 9.67 Å². The van der Waals surface area contributed by atoms with Crippen LogP contribution in [0.15, 0.2) is 97.2 Å². The van der Waals surface area contributed by atoms with Crippen LogP contribution in [-0.4, -0.2) is 19.6 Å². The van der Waals surface area contributed by atoms with Crippen LogP contribution in [0.1, 0.15) is 26.3 Å². The number of phenols is 1. The molecule has 5 heteroatoms. The van der Waals surface area contributed by atoms with E-state index in [4.69, 9.17) is 4.98 Å². The molecule has 0 unspecified atom stereocenters. The first-order chi connectivity index (χ1) is 17.4. The molecule has 4 nitrogen and oxygen atoms in total. The number of phenolic OH excluding ortho intramolecular Hbond substituents is 1. The van der Waals surface area contributed by atoms with Crippen molar-refractivity contribution in [1.29, 1.82) is 0 Å². The minimum atomic E-state index is 0. The topological polar surface area (TPSA) is 50.9 Å². The van der Waals surface area contributed by atoms with E-state index >= 15 is 0 Å². The Morgan fingerprint density at radius 2 is 1.57 bits per heavy atom. The maximum atomic E-state index is 10.5. The third-order valence-electron chi connectivity index (χ3n) is 6.63. The van der Waals surface area contributed by atoms with Crippen LogP contribution in [0.25, 0.3) is 50.1 Å². The summed E-state index contributed by atoms with van der Waals surface area (Å²) in [6.07, 6.45) is 1.78. The molecular weight excluding hydrogens is 637 g/mol. The second kappa shape index (κ2) is 9.61. The van der Waals surface area contributed by atoms with Crippen molar-refractivity contribution in [2.24, 2.45) is 0 Å². The first-order valence-electron chi connectivity index (χ1n) is 12.1. The quantitative estimate of drug-likeness (QED) is 0.198. The number of fused-ring (bicyclic) bond motifs is 3. The third-order valence-corrected chi connectivity index (χ3v) is 6.63. The molecule has 37 heavy (non-hydrogen) atoms. The van der Waals surface area contributed by atoms with Crippen molar-refractivity contribution in [3.63, 3.8) is 0 Å². The molecule has 0 atom stereocenters. The normalized spacial score (nSPS) is 11.5. The Labute approximate surface area is 230 Å². The minimum absolute atomic E-state index is 0. The van der Waals surface area contributed by atoms with Crippen molar-refractivity contribution in [1.82, 2.24) is 14.5 Å². The Bertz CT molecular complexity index is 1730. The van der Waals surface area contributed by atoms with Gasteiger partial charge in [0.25, 0.3) is 0 Å². The first-order valence-corrected chi connectivity index (χ1v) is 12.1. The van der Waals surface area contributed by atoms with Gasteiger partial charge >= 0.3 is 0 Å². The number of benzene rings is 3. The zero-order valence-electron chi connectivity index (χ0n) is 20.8. The number of nitrogens with zero attached hydrogens (tertiary/aromatic N) is 3. The SMILES string of the molecule is CC(C)(C)c1ccc2c(c1)c1ccc(-c3ccccc3O)[c-]c1n2-c1cccc(-c2ccccn2)n1.[Pt]. The molecule has 6 rings (SSSR count). The number of rotatable bonds is 3. The average Bonchev–Trinajstić information content (AvgIpc) is 3.22. The molecule has 0 spiro atoms. The van der Waals surface area contributed by atoms with E-state index in [0.717, 1.165) is 50.1 Å². The molecule has 1 N–H and O–H groups in total. The first kappa shape index (κ1) is 24.9. The van der Waals surface area contributed by atoms with E-state index in [-0.39, 0.29) is 32.2 Å². The Balaban J connectivity index is 0.00000280. The molecule has 3 heterocycles. The van der Waals surface area contributed by atoms with Crippen molar-refractivity contribution in [3.05, 3.63) is 109 Å². The van der Waals surface area contributed by atoms with Crippen molar-refractivity contribution in [3.8, 4) is 34.1 Å². The van der Waals surface area contributed by atoms with Gasteiger partial charge in [0, 0.05) is 32.8 Å². The van der Waals surface area contributed by atoms with E-state index in [2.05, 4.69) is 60.7 Å². The molecule has 0 aliphatic rings. The maximum Gasteiger partial charge on any atom is 0.136 e. The largest absolute Gasteiger partial charge is 0.517 e. The molecule has 0 saturated heterocycles. The maximum absolute atomic E-state index is 10.5. The van der Waals surface area contributed by atoms with Crippen LogP contribution < -0.4 is 0 Å². The van der Waals surface area contributed by atoms with Gasteiger partial charge in [-0.25, -0.2) is 4.98 Å². The standard InChI is InChI=1S/C32H26N3O.Pt/c1-32(2,3)22-15-17-28-25(20-22)24-16-14-21(23-9-4-5-12-30(23)36)19-29(24)35(28)31-13-8-11-27(34-31)26-10-6-7-18-33-26;/h4-18,20,36H,1-3H3;/q-1;. The van der Waals surface area contributed by atoms with Gasteiger partial charge in [-0.1, -0.05) is 74.2 Å². The van der Waals surface area contributed by atoms with Crippen LogP contribution in [0.5, 0.6) is 5.75 Å². The molecule has 0 saturated carbocycles. The molecule has 6 aromatic rings. The van der Waals surface area contributed by atoms with Gasteiger partial charge in [0.1, 0.15) is 5.82 Å². The monoisotopic (exact) mass is 663 g/mol. The fourth-order valence-electron chi connectivity index (χ4n) is 4.71. The molecule has 0 fully saturated rings. The summed E-state index contributed by atoms with van der Waals surface area (Å²) in [6, 6.07) is 33.7. The Morgan fingerprint density at radius 3 is 2.32 bits per heavy atom. The summed E-state index contributed by atoms with van der Waals surface area (Å²) in [6.45, 7) is 6.69. The van der Waals surface area contributed by atoms with Gasteiger partial charge in [0.05, 0.1) is 17.1 Å². The van der Waals surface area contributed by atoms with E-state index in [1.807, 2.05) is 60.7 Å². The summed E-state index contributed by atoms with van der Waals surface area (Å²) >= 11 is 0. The second-order valence-corrected chi connectivity index (χ2v) is 10.1. The van der Waals surface area contributed by atoms with Crippen LogP contribution in [0.4, 0.5) is 0 Å². The van der Waals surface area contributed by atoms with E-state index < -0.39 is 0 Å². The van der Waals surface area contributed by atoms with Crippen LogP contribution in [0.2, 0.25) is 0 Å². The molecule has 0 radical (unpaired) electrons. The zero-order valence-corrected chi connectivity index (χ0v) is 23.1. The van der Waals surface area contributed by atoms with E-state index in [1.165, 1.54) is 5.56 Å². The summed E-state index contributed by atoms with van der Waals surface area (Å²) < 4.78 is 2.16. The van der Waals surface area contributed by atoms with Gasteiger partial charge in [0.15, 0.2) is 0 Å². The molecule has 0 aliphatic heterocycles. The molecule has 0 aliphatic carbocycles. The molecule has 3 aromatic heterocycles. The minimum Gasteiger partial charge on any atom is -0.517 e. The van der Waals surface area contributed by atoms with Crippen LogP contribution in [-0.2, 0) is 26.5 Å². The van der Waals surface area contributed by atoms with Crippen molar-refractivity contribution < 1.29 is 26.2 Å². The summed E-state index contributed by atoms with van der Waals surface area (Å²) in [5, 5.41) is 12.8. The molecule has 186 valence electrons. The van der Waals surface area contributed by atoms with Crippen molar-refractivity contribution in [2.75, 3.05) is 0 Å². The van der Waals surface area contributed by atoms with Crippen molar-refractivity contribution >= 4 is 21.8 Å². The van der Waals surface area contributed by atoms with Crippen LogP contribution in [0, 0.1) is 6.07 Å². The van der Waals surface area contributed by atoms with Crippen LogP contribution >= 0.6 is 0 Å². The Kier molecular flexibility index (Phi) is 6.47. The zero-order chi connectivity index (χ0) is 24.9. The summed E-state index contributed by atoms with van der Waals surface area (Å²) in [7, 11) is 0. The average molecular weight is 664 g/mol. The Hall–Kier alpha value is -3.75. The fourth-order valence-corrected chi connectivity index (χ4v) is 4.71. The van der Waals surface area contributed by atoms with Crippen LogP contribution in [0.3, 0.4) is 0 Å². The van der Waals surface area contributed by atoms with Gasteiger partial charge in [-0.3, -0.25) is 4.98 Å². The summed E-state index contributed by atoms with van der Waals surface area (Å²) in [5.41, 5.74) is 6.51. The summed E-state index contributed by atoms with van der Waals surface area (Å²) in [4.78, 5) is 9.50. The second-order valence-electron chi connectivity index (χ2n) is 10.1. The van der Waals surface area contributed by atoms with Gasteiger partial charge in [-0.05, 0) is 58.3 Å². The number of hydrogen-bond donors (Lipinski definition) is 1. The van der Waals surface area contributed by atoms with E-state index in [0.29, 0.717) is 0 Å². The number of hydrogen-bond acceptors (Lipinski definition) is 3. The van der Waals surface area contributed by atoms with Gasteiger partial charge in [-0.15, -0.1) is 23.8 Å². The third kappa shape index (κ3) is 4.47. The number of pyridine rings is 2. The molecule has 3 aromatic carbocycles. The predicted molar refractivity (Wildman–Crippen MR) is 146 cm³/mol. The predicted octanol–water partition coefficient (Wildman–Crippen LogP) is 7.71. The molecule has 0 amide bonds. The molecular formula is C32H26N3OPt-. The fraction of sp³-hybridized carbons (Fsp3) is 0.125. The number of para-hydroxylation sites is 1. The van der Waals surface area contributed by atoms with Crippen molar-refractivity contribution in [2.45, 2.75) is 26.2 Å². The Morgan fingerprint density at radius 1 is 0.784 bits per heavy atom. The number of aromatic hydroxyl groups is 1. The van der Waals surface area contributed by atoms with E-state index in [1.54, 1.807) is 12.3 Å². The van der Waals surface area contributed by atoms with Gasteiger partial charge in [-0.2, -0.15) is 0 Å².